The van der Waals surface area contributed by atoms with Gasteiger partial charge in [0, 0.05) is 23.3 Å². The fourth-order valence-electron chi connectivity index (χ4n) is 3.23. The third-order valence-electron chi connectivity index (χ3n) is 4.54. The van der Waals surface area contributed by atoms with E-state index in [1.165, 1.54) is 16.7 Å². The van der Waals surface area contributed by atoms with Gasteiger partial charge < -0.3 is 10.2 Å². The molecule has 0 aliphatic rings. The number of hydrogen-bond acceptors (Lipinski definition) is 3. The van der Waals surface area contributed by atoms with Crippen LogP contribution in [0.5, 0.6) is 0 Å². The maximum absolute atomic E-state index is 13.0. The van der Waals surface area contributed by atoms with Crippen LogP contribution in [0.1, 0.15) is 36.1 Å². The summed E-state index contributed by atoms with van der Waals surface area (Å²) in [5, 5.41) is 2.82. The minimum absolute atomic E-state index is 0.0295. The molecule has 0 unspecified atom stereocenters. The molecule has 1 atom stereocenters. The van der Waals surface area contributed by atoms with Crippen LogP contribution in [0.25, 0.3) is 0 Å². The second kappa shape index (κ2) is 11.4. The highest BCUT2D eigenvalue weighted by atomic mass is 79.9. The van der Waals surface area contributed by atoms with Crippen LogP contribution in [0.3, 0.4) is 0 Å². The summed E-state index contributed by atoms with van der Waals surface area (Å²) in [5.74, 6) is 0.951. The number of thioether (sulfide) groups is 1. The van der Waals surface area contributed by atoms with Gasteiger partial charge in [0.2, 0.25) is 11.8 Å². The first kappa shape index (κ1) is 23.5. The largest absolute Gasteiger partial charge is 0.355 e. The lowest BCUT2D eigenvalue weighted by molar-refractivity contribution is -0.138. The molecular weight excluding hydrogens is 448 g/mol. The molecule has 0 aromatic heterocycles. The summed E-state index contributed by atoms with van der Waals surface area (Å²) < 4.78 is 0.956. The molecule has 2 rings (SSSR count). The van der Waals surface area contributed by atoms with Gasteiger partial charge in [-0.15, -0.1) is 11.8 Å². The Labute approximate surface area is 186 Å². The lowest BCUT2D eigenvalue weighted by Gasteiger charge is -2.28. The van der Waals surface area contributed by atoms with Gasteiger partial charge >= 0.3 is 0 Å². The topological polar surface area (TPSA) is 49.4 Å². The highest BCUT2D eigenvalue weighted by molar-refractivity contribution is 9.10. The molecule has 29 heavy (non-hydrogen) atoms. The number of carbonyl (C=O) groups is 2. The van der Waals surface area contributed by atoms with Crippen LogP contribution in [-0.2, 0) is 21.9 Å². The van der Waals surface area contributed by atoms with Crippen LogP contribution in [0.4, 0.5) is 0 Å². The van der Waals surface area contributed by atoms with Crippen LogP contribution >= 0.6 is 27.7 Å². The monoisotopic (exact) mass is 476 g/mol. The second-order valence-corrected chi connectivity index (χ2v) is 9.11. The smallest absolute Gasteiger partial charge is 0.242 e. The van der Waals surface area contributed by atoms with E-state index in [1.807, 2.05) is 31.2 Å². The zero-order valence-corrected chi connectivity index (χ0v) is 19.9. The number of carbonyl (C=O) groups excluding carboxylic acids is 2. The standard InChI is InChI=1S/C23H29BrN2O2S/c1-5-25-23(28)18(4)26(13-19-7-6-8-21(24)12-19)22(27)15-29-14-20-10-16(2)9-17(3)11-20/h6-12,18H,5,13-15H2,1-4H3,(H,25,28)/t18-/m1/s1. The van der Waals surface area contributed by atoms with Crippen molar-refractivity contribution in [3.05, 3.63) is 69.2 Å². The van der Waals surface area contributed by atoms with Gasteiger partial charge in [-0.05, 0) is 51.0 Å². The van der Waals surface area contributed by atoms with E-state index in [0.29, 0.717) is 18.8 Å². The Bertz CT molecular complexity index is 836. The quantitative estimate of drug-likeness (QED) is 0.562. The van der Waals surface area contributed by atoms with E-state index in [1.54, 1.807) is 23.6 Å². The van der Waals surface area contributed by atoms with Gasteiger partial charge in [-0.2, -0.15) is 0 Å². The Morgan fingerprint density at radius 1 is 1.10 bits per heavy atom. The third kappa shape index (κ3) is 7.52. The minimum atomic E-state index is -0.525. The molecule has 156 valence electrons. The van der Waals surface area contributed by atoms with Crippen LogP contribution in [-0.4, -0.2) is 35.1 Å². The summed E-state index contributed by atoms with van der Waals surface area (Å²) in [6.07, 6.45) is 0. The molecule has 4 nitrogen and oxygen atoms in total. The van der Waals surface area contributed by atoms with Gasteiger partial charge in [-0.25, -0.2) is 0 Å². The van der Waals surface area contributed by atoms with Gasteiger partial charge in [0.15, 0.2) is 0 Å². The van der Waals surface area contributed by atoms with Gasteiger partial charge in [-0.3, -0.25) is 9.59 Å². The van der Waals surface area contributed by atoms with Crippen molar-refractivity contribution < 1.29 is 9.59 Å². The molecule has 0 fully saturated rings. The summed E-state index contributed by atoms with van der Waals surface area (Å²) in [5.41, 5.74) is 4.67. The lowest BCUT2D eigenvalue weighted by Crippen LogP contribution is -2.48. The summed E-state index contributed by atoms with van der Waals surface area (Å²) in [7, 11) is 0. The van der Waals surface area contributed by atoms with Gasteiger partial charge in [-0.1, -0.05) is 57.4 Å². The zero-order chi connectivity index (χ0) is 21.4. The second-order valence-electron chi connectivity index (χ2n) is 7.21. The Hall–Kier alpha value is -1.79. The Kier molecular flexibility index (Phi) is 9.24. The Morgan fingerprint density at radius 2 is 1.79 bits per heavy atom. The lowest BCUT2D eigenvalue weighted by atomic mass is 10.1. The van der Waals surface area contributed by atoms with Crippen molar-refractivity contribution in [1.82, 2.24) is 10.2 Å². The first-order chi connectivity index (χ1) is 13.8. The molecule has 0 bridgehead atoms. The molecular formula is C23H29BrN2O2S. The van der Waals surface area contributed by atoms with Crippen molar-refractivity contribution in [1.29, 1.82) is 0 Å². The molecule has 0 saturated carbocycles. The van der Waals surface area contributed by atoms with E-state index < -0.39 is 6.04 Å². The maximum Gasteiger partial charge on any atom is 0.242 e. The number of hydrogen-bond donors (Lipinski definition) is 1. The molecule has 0 radical (unpaired) electrons. The van der Waals surface area contributed by atoms with E-state index >= 15 is 0 Å². The fraction of sp³-hybridized carbons (Fsp3) is 0.391. The van der Waals surface area contributed by atoms with Crippen LogP contribution in [0.2, 0.25) is 0 Å². The van der Waals surface area contributed by atoms with E-state index in [2.05, 4.69) is 53.3 Å². The first-order valence-electron chi connectivity index (χ1n) is 9.76. The van der Waals surface area contributed by atoms with Crippen molar-refractivity contribution >= 4 is 39.5 Å². The average Bonchev–Trinajstić information content (AvgIpc) is 2.65. The zero-order valence-electron chi connectivity index (χ0n) is 17.5. The Balaban J connectivity index is 2.07. The number of amides is 2. The average molecular weight is 477 g/mol. The molecule has 6 heteroatoms. The molecule has 0 aliphatic carbocycles. The minimum Gasteiger partial charge on any atom is -0.355 e. The summed E-state index contributed by atoms with van der Waals surface area (Å²) in [6.45, 7) is 8.78. The normalized spacial score (nSPS) is 11.8. The number of benzene rings is 2. The number of nitrogens with zero attached hydrogens (tertiary/aromatic N) is 1. The van der Waals surface area contributed by atoms with E-state index in [4.69, 9.17) is 0 Å². The molecule has 1 N–H and O–H groups in total. The van der Waals surface area contributed by atoms with Crippen molar-refractivity contribution in [2.45, 2.75) is 46.0 Å². The molecule has 2 aromatic carbocycles. The van der Waals surface area contributed by atoms with Crippen molar-refractivity contribution in [2.75, 3.05) is 12.3 Å². The van der Waals surface area contributed by atoms with E-state index in [9.17, 15) is 9.59 Å². The fourth-order valence-corrected chi connectivity index (χ4v) is 4.52. The van der Waals surface area contributed by atoms with Gasteiger partial charge in [0.1, 0.15) is 6.04 Å². The molecule has 0 heterocycles. The summed E-state index contributed by atoms with van der Waals surface area (Å²) in [6, 6.07) is 13.8. The third-order valence-corrected chi connectivity index (χ3v) is 6.02. The number of halogens is 1. The predicted octanol–water partition coefficient (Wildman–Crippen LogP) is 4.85. The molecule has 2 amide bonds. The number of nitrogens with one attached hydrogen (secondary N) is 1. The summed E-state index contributed by atoms with van der Waals surface area (Å²) >= 11 is 5.06. The van der Waals surface area contributed by atoms with Crippen LogP contribution in [0, 0.1) is 13.8 Å². The van der Waals surface area contributed by atoms with E-state index in [-0.39, 0.29) is 11.8 Å². The molecule has 0 saturated heterocycles. The van der Waals surface area contributed by atoms with Crippen molar-refractivity contribution in [2.24, 2.45) is 0 Å². The van der Waals surface area contributed by atoms with Crippen molar-refractivity contribution in [3.63, 3.8) is 0 Å². The van der Waals surface area contributed by atoms with E-state index in [0.717, 1.165) is 15.8 Å². The van der Waals surface area contributed by atoms with Gasteiger partial charge in [0.05, 0.1) is 5.75 Å². The summed E-state index contributed by atoms with van der Waals surface area (Å²) in [4.78, 5) is 27.1. The number of rotatable bonds is 9. The number of aryl methyl sites for hydroxylation is 2. The molecule has 2 aromatic rings. The SMILES string of the molecule is CCNC(=O)[C@@H](C)N(Cc1cccc(Br)c1)C(=O)CSCc1cc(C)cc(C)c1. The maximum atomic E-state index is 13.0. The Morgan fingerprint density at radius 3 is 2.41 bits per heavy atom. The van der Waals surface area contributed by atoms with Crippen LogP contribution in [0.15, 0.2) is 46.9 Å². The van der Waals surface area contributed by atoms with Crippen molar-refractivity contribution in [3.8, 4) is 0 Å². The highest BCUT2D eigenvalue weighted by Gasteiger charge is 2.25. The molecule has 0 aliphatic heterocycles. The van der Waals surface area contributed by atoms with Crippen LogP contribution < -0.4 is 5.32 Å². The highest BCUT2D eigenvalue weighted by Crippen LogP contribution is 2.19. The van der Waals surface area contributed by atoms with Gasteiger partial charge in [0.25, 0.3) is 0 Å². The number of likely N-dealkylation sites (N-methyl/N-ethyl adjacent to an activating group) is 1. The molecule has 0 spiro atoms. The predicted molar refractivity (Wildman–Crippen MR) is 125 cm³/mol. The first-order valence-corrected chi connectivity index (χ1v) is 11.7.